The number of hydrogen-bond acceptors (Lipinski definition) is 4. The van der Waals surface area contributed by atoms with E-state index in [9.17, 15) is 14.3 Å². The van der Waals surface area contributed by atoms with E-state index in [1.165, 1.54) is 12.1 Å². The Labute approximate surface area is 184 Å². The quantitative estimate of drug-likeness (QED) is 0.680. The number of carbonyl (C=O) groups is 1. The summed E-state index contributed by atoms with van der Waals surface area (Å²) < 4.78 is 19.5. The molecular weight excluding hydrogens is 395 g/mol. The molecule has 6 heteroatoms. The van der Waals surface area contributed by atoms with Crippen LogP contribution >= 0.6 is 0 Å². The van der Waals surface area contributed by atoms with E-state index in [-0.39, 0.29) is 30.1 Å². The summed E-state index contributed by atoms with van der Waals surface area (Å²) in [7, 11) is 0. The van der Waals surface area contributed by atoms with E-state index >= 15 is 0 Å². The maximum Gasteiger partial charge on any atom is 0.237 e. The summed E-state index contributed by atoms with van der Waals surface area (Å²) in [4.78, 5) is 17.3. The molecule has 0 saturated carbocycles. The molecule has 1 aliphatic heterocycles. The molecule has 1 heterocycles. The number of para-hydroxylation sites is 1. The van der Waals surface area contributed by atoms with Crippen molar-refractivity contribution in [3.05, 3.63) is 65.5 Å². The highest BCUT2D eigenvalue weighted by atomic mass is 19.1. The van der Waals surface area contributed by atoms with Crippen molar-refractivity contribution in [3.8, 4) is 5.75 Å². The SMILES string of the molecule is CC(C)(C)N(Cc1cccc(F)c1)C(=O)CN(Cc1ccccc1O)CC1CCCO1. The average Bonchev–Trinajstić information content (AvgIpc) is 3.20. The standard InChI is InChI=1S/C25H33FN2O3/c1-25(2,3)28(15-19-8-6-10-21(26)14-19)24(30)18-27(17-22-11-7-13-31-22)16-20-9-4-5-12-23(20)29/h4-6,8-10,12,14,22,29H,7,11,13,15-18H2,1-3H3. The second kappa shape index (κ2) is 10.2. The van der Waals surface area contributed by atoms with Gasteiger partial charge in [0.05, 0.1) is 12.6 Å². The van der Waals surface area contributed by atoms with Gasteiger partial charge < -0.3 is 14.7 Å². The molecule has 168 valence electrons. The van der Waals surface area contributed by atoms with Gasteiger partial charge >= 0.3 is 0 Å². The Morgan fingerprint density at radius 2 is 1.94 bits per heavy atom. The molecule has 1 amide bonds. The fraction of sp³-hybridized carbons (Fsp3) is 0.480. The van der Waals surface area contributed by atoms with Crippen LogP contribution in [0.2, 0.25) is 0 Å². The van der Waals surface area contributed by atoms with Gasteiger partial charge in [-0.05, 0) is 57.4 Å². The van der Waals surface area contributed by atoms with Crippen LogP contribution in [0.4, 0.5) is 4.39 Å². The fourth-order valence-corrected chi connectivity index (χ4v) is 3.94. The Hall–Kier alpha value is -2.44. The molecule has 5 nitrogen and oxygen atoms in total. The fourth-order valence-electron chi connectivity index (χ4n) is 3.94. The van der Waals surface area contributed by atoms with E-state index in [0.717, 1.165) is 30.6 Å². The van der Waals surface area contributed by atoms with Crippen molar-refractivity contribution in [2.45, 2.75) is 58.3 Å². The molecule has 1 saturated heterocycles. The lowest BCUT2D eigenvalue weighted by Gasteiger charge is -2.37. The normalized spacial score (nSPS) is 16.6. The molecule has 1 aliphatic rings. The molecule has 1 unspecified atom stereocenters. The molecule has 2 aromatic rings. The summed E-state index contributed by atoms with van der Waals surface area (Å²) in [6.07, 6.45) is 2.08. The van der Waals surface area contributed by atoms with Crippen molar-refractivity contribution < 1.29 is 19.0 Å². The summed E-state index contributed by atoms with van der Waals surface area (Å²) in [5.41, 5.74) is 1.11. The van der Waals surface area contributed by atoms with E-state index < -0.39 is 5.54 Å². The molecule has 0 bridgehead atoms. The average molecular weight is 429 g/mol. The second-order valence-corrected chi connectivity index (χ2v) is 9.21. The molecule has 0 aliphatic carbocycles. The summed E-state index contributed by atoms with van der Waals surface area (Å²) in [5.74, 6) is -0.122. The first-order chi connectivity index (χ1) is 14.7. The molecule has 31 heavy (non-hydrogen) atoms. The van der Waals surface area contributed by atoms with E-state index in [1.807, 2.05) is 43.9 Å². The number of ether oxygens (including phenoxy) is 1. The number of carbonyl (C=O) groups excluding carboxylic acids is 1. The Bertz CT molecular complexity index is 875. The predicted octanol–water partition coefficient (Wildman–Crippen LogP) is 4.34. The van der Waals surface area contributed by atoms with E-state index in [1.54, 1.807) is 23.1 Å². The number of rotatable bonds is 8. The summed E-state index contributed by atoms with van der Waals surface area (Å²) in [6, 6.07) is 13.6. The van der Waals surface area contributed by atoms with Gasteiger partial charge in [0.2, 0.25) is 5.91 Å². The van der Waals surface area contributed by atoms with Gasteiger partial charge in [-0.2, -0.15) is 0 Å². The monoisotopic (exact) mass is 428 g/mol. The van der Waals surface area contributed by atoms with Crippen LogP contribution in [0.5, 0.6) is 5.75 Å². The number of hydrogen-bond donors (Lipinski definition) is 1. The zero-order chi connectivity index (χ0) is 22.4. The maximum absolute atomic E-state index is 13.7. The summed E-state index contributed by atoms with van der Waals surface area (Å²) in [5, 5.41) is 10.2. The van der Waals surface area contributed by atoms with Gasteiger partial charge in [-0.3, -0.25) is 9.69 Å². The number of benzene rings is 2. The van der Waals surface area contributed by atoms with Gasteiger partial charge in [-0.25, -0.2) is 4.39 Å². The van der Waals surface area contributed by atoms with Crippen LogP contribution in [-0.2, 0) is 22.6 Å². The Morgan fingerprint density at radius 3 is 2.58 bits per heavy atom. The third-order valence-electron chi connectivity index (χ3n) is 5.57. The third-order valence-corrected chi connectivity index (χ3v) is 5.57. The van der Waals surface area contributed by atoms with Crippen LogP contribution in [0, 0.1) is 5.82 Å². The minimum Gasteiger partial charge on any atom is -0.508 e. The lowest BCUT2D eigenvalue weighted by molar-refractivity contribution is -0.138. The minimum atomic E-state index is -0.423. The second-order valence-electron chi connectivity index (χ2n) is 9.21. The van der Waals surface area contributed by atoms with Crippen molar-refractivity contribution in [2.75, 3.05) is 19.7 Å². The molecular formula is C25H33FN2O3. The number of aromatic hydroxyl groups is 1. The van der Waals surface area contributed by atoms with E-state index in [0.29, 0.717) is 19.6 Å². The molecule has 1 fully saturated rings. The van der Waals surface area contributed by atoms with Crippen molar-refractivity contribution in [1.29, 1.82) is 0 Å². The van der Waals surface area contributed by atoms with Crippen LogP contribution in [0.25, 0.3) is 0 Å². The number of phenolic OH excluding ortho intramolecular Hbond substituents is 1. The van der Waals surface area contributed by atoms with Crippen molar-refractivity contribution in [3.63, 3.8) is 0 Å². The molecule has 2 aromatic carbocycles. The van der Waals surface area contributed by atoms with Gasteiger partial charge in [0.25, 0.3) is 0 Å². The van der Waals surface area contributed by atoms with Crippen molar-refractivity contribution >= 4 is 5.91 Å². The molecule has 0 radical (unpaired) electrons. The topological polar surface area (TPSA) is 53.0 Å². The highest BCUT2D eigenvalue weighted by Crippen LogP contribution is 2.22. The van der Waals surface area contributed by atoms with Gasteiger partial charge in [0.15, 0.2) is 0 Å². The zero-order valence-electron chi connectivity index (χ0n) is 18.7. The lowest BCUT2D eigenvalue weighted by atomic mass is 10.0. The predicted molar refractivity (Wildman–Crippen MR) is 119 cm³/mol. The Morgan fingerprint density at radius 1 is 1.16 bits per heavy atom. The Balaban J connectivity index is 1.77. The summed E-state index contributed by atoms with van der Waals surface area (Å²) >= 11 is 0. The first-order valence-corrected chi connectivity index (χ1v) is 10.9. The lowest BCUT2D eigenvalue weighted by Crippen LogP contribution is -2.49. The smallest absolute Gasteiger partial charge is 0.237 e. The molecule has 0 spiro atoms. The Kier molecular flexibility index (Phi) is 7.68. The largest absolute Gasteiger partial charge is 0.508 e. The van der Waals surface area contributed by atoms with Crippen LogP contribution in [-0.4, -0.2) is 52.2 Å². The molecule has 1 N–H and O–H groups in total. The zero-order valence-corrected chi connectivity index (χ0v) is 18.7. The summed E-state index contributed by atoms with van der Waals surface area (Å²) in [6.45, 7) is 8.31. The number of halogens is 1. The minimum absolute atomic E-state index is 0.0369. The maximum atomic E-state index is 13.7. The molecule has 1 atom stereocenters. The van der Waals surface area contributed by atoms with Gasteiger partial charge in [-0.15, -0.1) is 0 Å². The van der Waals surface area contributed by atoms with Crippen molar-refractivity contribution in [2.24, 2.45) is 0 Å². The number of phenols is 1. The highest BCUT2D eigenvalue weighted by molar-refractivity contribution is 5.79. The number of nitrogens with zero attached hydrogens (tertiary/aromatic N) is 2. The van der Waals surface area contributed by atoms with Crippen LogP contribution in [0.1, 0.15) is 44.7 Å². The van der Waals surface area contributed by atoms with Crippen LogP contribution in [0.15, 0.2) is 48.5 Å². The first kappa shape index (κ1) is 23.2. The third kappa shape index (κ3) is 6.77. The molecule has 0 aromatic heterocycles. The van der Waals surface area contributed by atoms with Gasteiger partial charge in [0.1, 0.15) is 11.6 Å². The highest BCUT2D eigenvalue weighted by Gasteiger charge is 2.29. The first-order valence-electron chi connectivity index (χ1n) is 10.9. The molecule has 3 rings (SSSR count). The van der Waals surface area contributed by atoms with Gasteiger partial charge in [0, 0.05) is 37.3 Å². The van der Waals surface area contributed by atoms with Crippen LogP contribution in [0.3, 0.4) is 0 Å². The van der Waals surface area contributed by atoms with Crippen LogP contribution < -0.4 is 0 Å². The van der Waals surface area contributed by atoms with Gasteiger partial charge in [-0.1, -0.05) is 30.3 Å². The van der Waals surface area contributed by atoms with Crippen molar-refractivity contribution in [1.82, 2.24) is 9.80 Å². The number of amides is 1. The van der Waals surface area contributed by atoms with E-state index in [4.69, 9.17) is 4.74 Å². The van der Waals surface area contributed by atoms with E-state index in [2.05, 4.69) is 0 Å².